The summed E-state index contributed by atoms with van der Waals surface area (Å²) < 4.78 is 9.70. The van der Waals surface area contributed by atoms with E-state index in [4.69, 9.17) is 32.4 Å². The summed E-state index contributed by atoms with van der Waals surface area (Å²) in [7, 11) is 3.10. The molecule has 2 aromatic rings. The van der Waals surface area contributed by atoms with Crippen LogP contribution in [-0.4, -0.2) is 24.2 Å². The zero-order valence-corrected chi connectivity index (χ0v) is 13.8. The Kier molecular flexibility index (Phi) is 10.4. The van der Waals surface area contributed by atoms with E-state index < -0.39 is 0 Å². The Bertz CT molecular complexity index is 534. The van der Waals surface area contributed by atoms with E-state index in [-0.39, 0.29) is 24.8 Å². The number of aromatic nitrogens is 2. The lowest BCUT2D eigenvalue weighted by molar-refractivity contribution is 0.413. The molecular weight excluding hydrogens is 331 g/mol. The summed E-state index contributed by atoms with van der Waals surface area (Å²) >= 11 is 0. The molecule has 2 aromatic heterocycles. The Morgan fingerprint density at radius 3 is 1.27 bits per heavy atom. The number of nitrogen functional groups attached to an aromatic ring is 4. The number of rotatable bonds is 2. The summed E-state index contributed by atoms with van der Waals surface area (Å²) in [6, 6.07) is 3.25. The topological polar surface area (TPSA) is 148 Å². The lowest BCUT2D eigenvalue weighted by Crippen LogP contribution is -1.97. The van der Waals surface area contributed by atoms with Crippen LogP contribution >= 0.6 is 24.8 Å². The van der Waals surface area contributed by atoms with E-state index >= 15 is 0 Å². The van der Waals surface area contributed by atoms with Crippen molar-refractivity contribution in [2.24, 2.45) is 0 Å². The van der Waals surface area contributed by atoms with Crippen LogP contribution in [0.3, 0.4) is 0 Å². The molecule has 0 aliphatic carbocycles. The van der Waals surface area contributed by atoms with Crippen LogP contribution in [0, 0.1) is 0 Å². The molecule has 0 unspecified atom stereocenters. The number of methoxy groups -OCH3 is 2. The molecule has 0 aliphatic rings. The molecule has 0 aromatic carbocycles. The second-order valence-corrected chi connectivity index (χ2v) is 3.70. The van der Waals surface area contributed by atoms with Crippen molar-refractivity contribution in [3.05, 3.63) is 24.5 Å². The highest BCUT2D eigenvalue weighted by molar-refractivity contribution is 5.85. The van der Waals surface area contributed by atoms with E-state index in [1.165, 1.54) is 12.4 Å². The highest BCUT2D eigenvalue weighted by Crippen LogP contribution is 2.17. The smallest absolute Gasteiger partial charge is 0.146 e. The average Bonchev–Trinajstić information content (AvgIpc) is 2.45. The first-order chi connectivity index (χ1) is 9.47. The number of hydrogen-bond donors (Lipinski definition) is 4. The van der Waals surface area contributed by atoms with Crippen molar-refractivity contribution in [3.63, 3.8) is 0 Å². The maximum Gasteiger partial charge on any atom is 0.146 e. The third-order valence-corrected chi connectivity index (χ3v) is 2.32. The molecule has 2 rings (SSSR count). The highest BCUT2D eigenvalue weighted by atomic mass is 35.5. The standard InChI is InChI=1S/2C6H9N3O.2ClH/c2*1-10-4-2-5(7)6(8)9-3-4;;/h2*2-3H,7H2,1H3,(H2,8,9);2*1H. The molecule has 0 amide bonds. The van der Waals surface area contributed by atoms with Crippen LogP contribution < -0.4 is 32.4 Å². The van der Waals surface area contributed by atoms with Crippen molar-refractivity contribution >= 4 is 47.8 Å². The molecule has 10 heteroatoms. The summed E-state index contributed by atoms with van der Waals surface area (Å²) in [5, 5.41) is 0. The van der Waals surface area contributed by atoms with E-state index in [2.05, 4.69) is 9.97 Å². The predicted molar refractivity (Wildman–Crippen MR) is 93.7 cm³/mol. The summed E-state index contributed by atoms with van der Waals surface area (Å²) in [5.74, 6) is 1.90. The van der Waals surface area contributed by atoms with E-state index in [1.54, 1.807) is 26.4 Å². The third kappa shape index (κ3) is 6.42. The minimum absolute atomic E-state index is 0. The van der Waals surface area contributed by atoms with E-state index in [1.807, 2.05) is 0 Å². The van der Waals surface area contributed by atoms with Crippen molar-refractivity contribution in [1.29, 1.82) is 0 Å². The van der Waals surface area contributed by atoms with Gasteiger partial charge in [0.15, 0.2) is 0 Å². The van der Waals surface area contributed by atoms with Crippen LogP contribution in [-0.2, 0) is 0 Å². The Labute approximate surface area is 141 Å². The molecule has 2 heterocycles. The number of halogens is 2. The van der Waals surface area contributed by atoms with Gasteiger partial charge in [-0.05, 0) is 0 Å². The molecule has 0 fully saturated rings. The van der Waals surface area contributed by atoms with E-state index in [0.717, 1.165) is 0 Å². The maximum absolute atomic E-state index is 5.43. The van der Waals surface area contributed by atoms with Gasteiger partial charge in [-0.25, -0.2) is 9.97 Å². The van der Waals surface area contributed by atoms with Crippen molar-refractivity contribution in [2.45, 2.75) is 0 Å². The van der Waals surface area contributed by atoms with Crippen LogP contribution in [0.15, 0.2) is 24.5 Å². The van der Waals surface area contributed by atoms with Gasteiger partial charge in [0.2, 0.25) is 0 Å². The van der Waals surface area contributed by atoms with Crippen LogP contribution in [0.4, 0.5) is 23.0 Å². The molecule has 0 radical (unpaired) electrons. The SMILES string of the molecule is COc1cnc(N)c(N)c1.COc1cnc(N)c(N)c1.Cl.Cl. The first-order valence-corrected chi connectivity index (χ1v) is 5.58. The van der Waals surface area contributed by atoms with Gasteiger partial charge in [-0.3, -0.25) is 0 Å². The van der Waals surface area contributed by atoms with Crippen molar-refractivity contribution < 1.29 is 9.47 Å². The zero-order chi connectivity index (χ0) is 15.1. The monoisotopic (exact) mass is 350 g/mol. The second-order valence-electron chi connectivity index (χ2n) is 3.70. The maximum atomic E-state index is 5.43. The Morgan fingerprint density at radius 1 is 0.727 bits per heavy atom. The molecule has 0 spiro atoms. The lowest BCUT2D eigenvalue weighted by Gasteiger charge is -2.01. The summed E-state index contributed by atoms with van der Waals surface area (Å²) in [5.41, 5.74) is 22.4. The van der Waals surface area contributed by atoms with Gasteiger partial charge in [0, 0.05) is 12.1 Å². The first-order valence-electron chi connectivity index (χ1n) is 5.58. The first kappa shape index (κ1) is 22.0. The number of ether oxygens (including phenoxy) is 2. The molecule has 8 N–H and O–H groups in total. The fourth-order valence-electron chi connectivity index (χ4n) is 1.17. The number of nitrogens with two attached hydrogens (primary N) is 4. The number of hydrogen-bond acceptors (Lipinski definition) is 8. The lowest BCUT2D eigenvalue weighted by atomic mass is 10.4. The molecule has 0 bridgehead atoms. The Morgan fingerprint density at radius 2 is 1.05 bits per heavy atom. The number of anilines is 4. The quantitative estimate of drug-likeness (QED) is 0.633. The van der Waals surface area contributed by atoms with Gasteiger partial charge >= 0.3 is 0 Å². The molecule has 0 atom stereocenters. The Balaban J connectivity index is 0. The second kappa shape index (κ2) is 10.4. The predicted octanol–water partition coefficient (Wildman–Crippen LogP) is 1.35. The van der Waals surface area contributed by atoms with Gasteiger partial charge in [0.25, 0.3) is 0 Å². The van der Waals surface area contributed by atoms with Crippen LogP contribution in [0.25, 0.3) is 0 Å². The van der Waals surface area contributed by atoms with Crippen molar-refractivity contribution in [2.75, 3.05) is 37.2 Å². The van der Waals surface area contributed by atoms with Crippen LogP contribution in [0.2, 0.25) is 0 Å². The molecule has 124 valence electrons. The molecule has 0 aliphatic heterocycles. The normalized spacial score (nSPS) is 8.45. The van der Waals surface area contributed by atoms with Crippen LogP contribution in [0.5, 0.6) is 11.5 Å². The fraction of sp³-hybridized carbons (Fsp3) is 0.167. The minimum atomic E-state index is 0. The van der Waals surface area contributed by atoms with Crippen molar-refractivity contribution in [3.8, 4) is 11.5 Å². The van der Waals surface area contributed by atoms with Gasteiger partial charge in [-0.2, -0.15) is 0 Å². The highest BCUT2D eigenvalue weighted by Gasteiger charge is 1.97. The van der Waals surface area contributed by atoms with E-state index in [0.29, 0.717) is 34.5 Å². The molecule has 0 saturated heterocycles. The van der Waals surface area contributed by atoms with Crippen LogP contribution in [0.1, 0.15) is 0 Å². The molecule has 8 nitrogen and oxygen atoms in total. The van der Waals surface area contributed by atoms with Gasteiger partial charge in [-0.1, -0.05) is 0 Å². The van der Waals surface area contributed by atoms with Gasteiger partial charge in [0.1, 0.15) is 23.1 Å². The van der Waals surface area contributed by atoms with Gasteiger partial charge in [0.05, 0.1) is 38.0 Å². The molecular formula is C12H20Cl2N6O2. The summed E-state index contributed by atoms with van der Waals surface area (Å²) in [4.78, 5) is 7.55. The van der Waals surface area contributed by atoms with Gasteiger partial charge in [-0.15, -0.1) is 24.8 Å². The van der Waals surface area contributed by atoms with E-state index in [9.17, 15) is 0 Å². The Hall–Kier alpha value is -2.32. The van der Waals surface area contributed by atoms with Crippen molar-refractivity contribution in [1.82, 2.24) is 9.97 Å². The zero-order valence-electron chi connectivity index (χ0n) is 12.1. The molecule has 22 heavy (non-hydrogen) atoms. The molecule has 0 saturated carbocycles. The summed E-state index contributed by atoms with van der Waals surface area (Å²) in [6.45, 7) is 0. The largest absolute Gasteiger partial charge is 0.495 e. The minimum Gasteiger partial charge on any atom is -0.495 e. The third-order valence-electron chi connectivity index (χ3n) is 2.32. The summed E-state index contributed by atoms with van der Waals surface area (Å²) in [6.07, 6.45) is 3.04. The number of nitrogens with zero attached hydrogens (tertiary/aromatic N) is 2. The number of pyridine rings is 2. The fourth-order valence-corrected chi connectivity index (χ4v) is 1.17. The average molecular weight is 351 g/mol. The van der Waals surface area contributed by atoms with Gasteiger partial charge < -0.3 is 32.4 Å².